The Morgan fingerprint density at radius 3 is 1.71 bits per heavy atom. The fraction of sp³-hybridized carbons (Fsp3) is 0. The Balaban J connectivity index is 1.25. The molecule has 3 aromatic heterocycles. The first-order valence-electron chi connectivity index (χ1n) is 19.6. The molecule has 12 aromatic rings. The van der Waals surface area contributed by atoms with Gasteiger partial charge in [-0.2, -0.15) is 0 Å². The summed E-state index contributed by atoms with van der Waals surface area (Å²) in [6, 6.07) is 72.6. The van der Waals surface area contributed by atoms with Crippen LogP contribution in [0.2, 0.25) is 0 Å². The number of rotatable bonds is 6. The second-order valence-electron chi connectivity index (χ2n) is 14.8. The lowest BCUT2D eigenvalue weighted by Gasteiger charge is -2.30. The van der Waals surface area contributed by atoms with E-state index in [0.29, 0.717) is 0 Å². The minimum atomic E-state index is 0.855. The molecular formula is C54H33NOS2. The zero-order valence-corrected chi connectivity index (χ0v) is 32.9. The maximum Gasteiger partial charge on any atom is 0.143 e. The van der Waals surface area contributed by atoms with Crippen molar-refractivity contribution in [3.63, 3.8) is 0 Å². The van der Waals surface area contributed by atoms with Crippen molar-refractivity contribution in [2.75, 3.05) is 4.90 Å². The van der Waals surface area contributed by atoms with Crippen LogP contribution in [-0.4, -0.2) is 0 Å². The second kappa shape index (κ2) is 13.3. The van der Waals surface area contributed by atoms with E-state index in [1.165, 1.54) is 51.5 Å². The summed E-state index contributed by atoms with van der Waals surface area (Å²) in [4.78, 5) is 2.54. The third-order valence-corrected chi connectivity index (χ3v) is 13.8. The maximum atomic E-state index is 7.00. The highest BCUT2D eigenvalue weighted by Crippen LogP contribution is 2.54. The molecule has 0 saturated carbocycles. The average Bonchev–Trinajstić information content (AvgIpc) is 3.99. The molecule has 0 radical (unpaired) electrons. The van der Waals surface area contributed by atoms with Crippen LogP contribution in [0.4, 0.5) is 17.1 Å². The number of fused-ring (bicyclic) bond motifs is 9. The lowest BCUT2D eigenvalue weighted by atomic mass is 9.95. The first-order chi connectivity index (χ1) is 28.8. The normalized spacial score (nSPS) is 11.8. The standard InChI is InChI=1S/C54H33NOS2/c1-4-15-34(16-5-1)38-30-32-46-51(44-24-14-23-39(53(44)56-46)35-17-6-2-7-18-35)52(38)55(37-27-28-42-41-21-10-12-25-47(41)57-49(42)33-37)45-31-29-40(36-19-8-3-9-20-36)54-50(45)43-22-11-13-26-48(43)58-54/h1-33H. The molecule has 0 N–H and O–H groups in total. The molecule has 0 saturated heterocycles. The number of nitrogens with zero attached hydrogens (tertiary/aromatic N) is 1. The van der Waals surface area contributed by atoms with Gasteiger partial charge in [0.1, 0.15) is 11.2 Å². The molecule has 2 nitrogen and oxygen atoms in total. The highest BCUT2D eigenvalue weighted by atomic mass is 32.1. The third-order valence-electron chi connectivity index (χ3n) is 11.5. The predicted octanol–water partition coefficient (Wildman–Crippen LogP) is 16.8. The first kappa shape index (κ1) is 33.2. The maximum absolute atomic E-state index is 7.00. The fourth-order valence-electron chi connectivity index (χ4n) is 8.88. The predicted molar refractivity (Wildman–Crippen MR) is 250 cm³/mol. The van der Waals surface area contributed by atoms with E-state index in [-0.39, 0.29) is 0 Å². The molecule has 0 atom stereocenters. The number of hydrogen-bond donors (Lipinski definition) is 0. The zero-order valence-electron chi connectivity index (χ0n) is 31.2. The zero-order chi connectivity index (χ0) is 38.2. The highest BCUT2D eigenvalue weighted by Gasteiger charge is 2.28. The SMILES string of the molecule is c1ccc(-c2ccc3oc4c(-c5ccccc5)cccc4c3c2N(c2ccc3c(c2)sc2ccccc23)c2ccc(-c3ccccc3)c3sc4ccccc4c23)cc1. The molecule has 0 spiro atoms. The number of anilines is 3. The molecule has 0 fully saturated rings. The summed E-state index contributed by atoms with van der Waals surface area (Å²) >= 11 is 3.73. The number of benzene rings is 9. The van der Waals surface area contributed by atoms with E-state index >= 15 is 0 Å². The fourth-order valence-corrected chi connectivity index (χ4v) is 11.3. The Morgan fingerprint density at radius 1 is 0.379 bits per heavy atom. The van der Waals surface area contributed by atoms with Crippen molar-refractivity contribution >= 4 is 102 Å². The molecule has 272 valence electrons. The van der Waals surface area contributed by atoms with Crippen molar-refractivity contribution < 1.29 is 4.42 Å². The molecule has 4 heteroatoms. The number of hydrogen-bond acceptors (Lipinski definition) is 4. The van der Waals surface area contributed by atoms with Gasteiger partial charge in [0.25, 0.3) is 0 Å². The van der Waals surface area contributed by atoms with Gasteiger partial charge in [0.2, 0.25) is 0 Å². The van der Waals surface area contributed by atoms with Crippen LogP contribution in [0.3, 0.4) is 0 Å². The van der Waals surface area contributed by atoms with E-state index < -0.39 is 0 Å². The van der Waals surface area contributed by atoms with E-state index in [0.717, 1.165) is 61.3 Å². The van der Waals surface area contributed by atoms with Gasteiger partial charge in [-0.15, -0.1) is 22.7 Å². The van der Waals surface area contributed by atoms with Gasteiger partial charge in [-0.1, -0.05) is 158 Å². The molecule has 12 rings (SSSR count). The van der Waals surface area contributed by atoms with Crippen LogP contribution < -0.4 is 4.90 Å². The van der Waals surface area contributed by atoms with Crippen LogP contribution in [0, 0.1) is 0 Å². The van der Waals surface area contributed by atoms with E-state index in [4.69, 9.17) is 4.42 Å². The van der Waals surface area contributed by atoms with Crippen LogP contribution in [0.1, 0.15) is 0 Å². The van der Waals surface area contributed by atoms with Gasteiger partial charge in [-0.25, -0.2) is 0 Å². The molecule has 0 bridgehead atoms. The summed E-state index contributed by atoms with van der Waals surface area (Å²) < 4.78 is 12.1. The Bertz CT molecular complexity index is 3510. The van der Waals surface area contributed by atoms with E-state index in [1.807, 2.05) is 22.7 Å². The quantitative estimate of drug-likeness (QED) is 0.167. The number of furan rings is 1. The molecule has 3 heterocycles. The molecule has 0 aliphatic rings. The Hall–Kier alpha value is -6.98. The minimum absolute atomic E-state index is 0.855. The van der Waals surface area contributed by atoms with Gasteiger partial charge in [-0.3, -0.25) is 0 Å². The average molecular weight is 776 g/mol. The molecule has 58 heavy (non-hydrogen) atoms. The van der Waals surface area contributed by atoms with Gasteiger partial charge < -0.3 is 9.32 Å². The molecule has 0 aliphatic carbocycles. The summed E-state index contributed by atoms with van der Waals surface area (Å²) in [7, 11) is 0. The molecule has 0 aliphatic heterocycles. The summed E-state index contributed by atoms with van der Waals surface area (Å²) in [5, 5.41) is 7.24. The first-order valence-corrected chi connectivity index (χ1v) is 21.2. The van der Waals surface area contributed by atoms with Crippen molar-refractivity contribution in [2.45, 2.75) is 0 Å². The van der Waals surface area contributed by atoms with Crippen LogP contribution >= 0.6 is 22.7 Å². The van der Waals surface area contributed by atoms with E-state index in [2.05, 4.69) is 205 Å². The van der Waals surface area contributed by atoms with Gasteiger partial charge in [0.05, 0.1) is 16.8 Å². The summed E-state index contributed by atoms with van der Waals surface area (Å²) in [5.41, 5.74) is 12.0. The smallest absolute Gasteiger partial charge is 0.143 e. The highest BCUT2D eigenvalue weighted by molar-refractivity contribution is 7.26. The number of para-hydroxylation sites is 1. The molecule has 0 amide bonds. The van der Waals surface area contributed by atoms with Gasteiger partial charge in [0, 0.05) is 62.5 Å². The van der Waals surface area contributed by atoms with Gasteiger partial charge in [-0.05, 0) is 64.7 Å². The Labute approximate surface area is 343 Å². The van der Waals surface area contributed by atoms with Crippen molar-refractivity contribution in [1.29, 1.82) is 0 Å². The monoisotopic (exact) mass is 775 g/mol. The number of thiophene rings is 2. The van der Waals surface area contributed by atoms with Crippen molar-refractivity contribution in [3.05, 3.63) is 200 Å². The largest absolute Gasteiger partial charge is 0.455 e. The Morgan fingerprint density at radius 2 is 0.966 bits per heavy atom. The second-order valence-corrected chi connectivity index (χ2v) is 16.9. The summed E-state index contributed by atoms with van der Waals surface area (Å²) in [6.07, 6.45) is 0. The van der Waals surface area contributed by atoms with Gasteiger partial charge >= 0.3 is 0 Å². The van der Waals surface area contributed by atoms with Crippen LogP contribution in [0.15, 0.2) is 205 Å². The minimum Gasteiger partial charge on any atom is -0.455 e. The van der Waals surface area contributed by atoms with Gasteiger partial charge in [0.15, 0.2) is 0 Å². The van der Waals surface area contributed by atoms with E-state index in [1.54, 1.807) is 0 Å². The molecular weight excluding hydrogens is 743 g/mol. The summed E-state index contributed by atoms with van der Waals surface area (Å²) in [6.45, 7) is 0. The Kier molecular flexibility index (Phi) is 7.62. The third kappa shape index (κ3) is 5.16. The topological polar surface area (TPSA) is 16.4 Å². The molecule has 9 aromatic carbocycles. The van der Waals surface area contributed by atoms with Crippen molar-refractivity contribution in [1.82, 2.24) is 0 Å². The lowest BCUT2D eigenvalue weighted by molar-refractivity contribution is 0.670. The lowest BCUT2D eigenvalue weighted by Crippen LogP contribution is -2.12. The van der Waals surface area contributed by atoms with Crippen LogP contribution in [0.5, 0.6) is 0 Å². The molecule has 0 unspecified atom stereocenters. The van der Waals surface area contributed by atoms with Crippen molar-refractivity contribution in [3.8, 4) is 33.4 Å². The van der Waals surface area contributed by atoms with Crippen molar-refractivity contribution in [2.24, 2.45) is 0 Å². The van der Waals surface area contributed by atoms with Crippen LogP contribution in [0.25, 0.3) is 95.7 Å². The van der Waals surface area contributed by atoms with Crippen LogP contribution in [-0.2, 0) is 0 Å². The van der Waals surface area contributed by atoms with E-state index in [9.17, 15) is 0 Å². The summed E-state index contributed by atoms with van der Waals surface area (Å²) in [5.74, 6) is 0.